The Labute approximate surface area is 224 Å². The molecule has 4 fully saturated rings. The number of fused-ring (bicyclic) bond motifs is 7. The van der Waals surface area contributed by atoms with E-state index in [0.717, 1.165) is 0 Å². The normalized spacial score (nSPS) is 45.0. The van der Waals surface area contributed by atoms with Crippen LogP contribution in [0.5, 0.6) is 0 Å². The number of carbonyl (C=O) groups is 3. The molecule has 5 rings (SSSR count). The lowest BCUT2D eigenvalue weighted by atomic mass is 9.44. The Kier molecular flexibility index (Phi) is 6.05. The summed E-state index contributed by atoms with van der Waals surface area (Å²) in [5.74, 6) is -3.14. The van der Waals surface area contributed by atoms with E-state index >= 15 is 4.39 Å². The van der Waals surface area contributed by atoms with Gasteiger partial charge in [-0.15, -0.1) is 0 Å². The van der Waals surface area contributed by atoms with Crippen LogP contribution in [-0.2, 0) is 28.6 Å². The molecule has 38 heavy (non-hydrogen) atoms. The van der Waals surface area contributed by atoms with Gasteiger partial charge in [0.05, 0.1) is 12.5 Å². The summed E-state index contributed by atoms with van der Waals surface area (Å²) in [7, 11) is 0. The maximum Gasteiger partial charge on any atom is 0.306 e. The van der Waals surface area contributed by atoms with E-state index in [-0.39, 0.29) is 30.0 Å². The molecule has 8 heteroatoms. The molecule has 0 radical (unpaired) electrons. The lowest BCUT2D eigenvalue weighted by Gasteiger charge is -2.63. The Balaban J connectivity index is 1.66. The van der Waals surface area contributed by atoms with Gasteiger partial charge in [0.1, 0.15) is 12.7 Å². The molecule has 3 saturated carbocycles. The Hall–Kier alpha value is -1.90. The number of ether oxygens (including phenoxy) is 3. The number of ketones is 2. The van der Waals surface area contributed by atoms with Crippen molar-refractivity contribution in [2.24, 2.45) is 28.1 Å². The van der Waals surface area contributed by atoms with Gasteiger partial charge in [-0.2, -0.15) is 0 Å². The number of allylic oxidation sites excluding steroid dienone is 4. The van der Waals surface area contributed by atoms with Crippen molar-refractivity contribution in [2.45, 2.75) is 110 Å². The maximum atomic E-state index is 18.2. The molecule has 0 spiro atoms. The minimum Gasteiger partial charge on any atom is -0.459 e. The number of Topliss-reactive ketones (excluding diaryl/α,β-unsaturated/α-hetero) is 1. The van der Waals surface area contributed by atoms with E-state index in [1.165, 1.54) is 12.2 Å². The summed E-state index contributed by atoms with van der Waals surface area (Å²) < 4.78 is 36.9. The van der Waals surface area contributed by atoms with Crippen LogP contribution in [0.4, 0.5) is 4.39 Å². The minimum atomic E-state index is -2.01. The van der Waals surface area contributed by atoms with Crippen LogP contribution in [0.3, 0.4) is 0 Å². The van der Waals surface area contributed by atoms with E-state index < -0.39 is 64.4 Å². The Morgan fingerprint density at radius 1 is 1.18 bits per heavy atom. The van der Waals surface area contributed by atoms with Crippen LogP contribution in [0.2, 0.25) is 0 Å². The maximum absolute atomic E-state index is 18.2. The quantitative estimate of drug-likeness (QED) is 0.536. The molecule has 1 aliphatic heterocycles. The van der Waals surface area contributed by atoms with Crippen LogP contribution >= 0.6 is 0 Å². The Morgan fingerprint density at radius 3 is 2.50 bits per heavy atom. The number of rotatable bonds is 4. The molecule has 0 unspecified atom stereocenters. The molecule has 7 nitrogen and oxygen atoms in total. The third-order valence-electron chi connectivity index (χ3n) is 10.1. The second-order valence-electron chi connectivity index (χ2n) is 14.1. The third-order valence-corrected chi connectivity index (χ3v) is 10.1. The van der Waals surface area contributed by atoms with E-state index in [1.807, 2.05) is 27.7 Å². The number of aliphatic hydroxyl groups excluding tert-OH is 1. The summed E-state index contributed by atoms with van der Waals surface area (Å²) in [4.78, 5) is 39.0. The average Bonchev–Trinajstić information content (AvgIpc) is 3.19. The number of hydrogen-bond donors (Lipinski definition) is 1. The first-order chi connectivity index (χ1) is 17.4. The summed E-state index contributed by atoms with van der Waals surface area (Å²) in [6.45, 7) is 12.2. The fraction of sp³-hybridized carbons (Fsp3) is 0.767. The summed E-state index contributed by atoms with van der Waals surface area (Å²) >= 11 is 0. The van der Waals surface area contributed by atoms with Gasteiger partial charge in [0.25, 0.3) is 0 Å². The highest BCUT2D eigenvalue weighted by Crippen LogP contribution is 2.72. The van der Waals surface area contributed by atoms with Crippen molar-refractivity contribution in [3.05, 3.63) is 23.8 Å². The van der Waals surface area contributed by atoms with Crippen LogP contribution in [-0.4, -0.2) is 58.5 Å². The number of hydrogen-bond acceptors (Lipinski definition) is 7. The summed E-state index contributed by atoms with van der Waals surface area (Å²) in [5.41, 5.74) is -5.25. The zero-order chi connectivity index (χ0) is 28.1. The Bertz CT molecular complexity index is 1130. The first-order valence-electron chi connectivity index (χ1n) is 13.8. The molecule has 4 aliphatic carbocycles. The van der Waals surface area contributed by atoms with E-state index in [1.54, 1.807) is 26.8 Å². The van der Waals surface area contributed by atoms with Crippen LogP contribution in [0, 0.1) is 28.1 Å². The predicted octanol–water partition coefficient (Wildman–Crippen LogP) is 4.41. The van der Waals surface area contributed by atoms with Crippen molar-refractivity contribution >= 4 is 17.5 Å². The molecule has 1 N–H and O–H groups in total. The molecule has 0 amide bonds. The zero-order valence-corrected chi connectivity index (χ0v) is 23.6. The van der Waals surface area contributed by atoms with Crippen LogP contribution in [0.25, 0.3) is 0 Å². The topological polar surface area (TPSA) is 99.1 Å². The van der Waals surface area contributed by atoms with Crippen molar-refractivity contribution < 1.29 is 38.1 Å². The predicted molar refractivity (Wildman–Crippen MR) is 137 cm³/mol. The first-order valence-corrected chi connectivity index (χ1v) is 13.8. The van der Waals surface area contributed by atoms with Crippen molar-refractivity contribution in [1.82, 2.24) is 0 Å². The third kappa shape index (κ3) is 3.58. The molecular weight excluding hydrogens is 491 g/mol. The first kappa shape index (κ1) is 27.7. The lowest BCUT2D eigenvalue weighted by molar-refractivity contribution is -0.251. The van der Waals surface area contributed by atoms with Crippen LogP contribution in [0.1, 0.15) is 80.6 Å². The number of carbonyl (C=O) groups excluding carboxylic acids is 3. The van der Waals surface area contributed by atoms with Crippen molar-refractivity contribution in [3.8, 4) is 0 Å². The highest BCUT2D eigenvalue weighted by atomic mass is 19.1. The van der Waals surface area contributed by atoms with Crippen LogP contribution in [0.15, 0.2) is 23.8 Å². The molecule has 210 valence electrons. The molecule has 1 heterocycles. The molecule has 0 aromatic heterocycles. The SMILES string of the molecule is CC(C)(C)CC(=O)O[C@H]1C[C@@]2(C)[C@@H](C[C@H]3OC(C)(C)O[C@]32C(=O)CO)[C@@H]2CCC3=CC(=O)C=C[C@]3(C)[C@@]12F. The molecule has 0 bridgehead atoms. The van der Waals surface area contributed by atoms with Gasteiger partial charge in [0.2, 0.25) is 0 Å². The molecule has 8 atom stereocenters. The molecule has 1 saturated heterocycles. The smallest absolute Gasteiger partial charge is 0.306 e. The van der Waals surface area contributed by atoms with Crippen molar-refractivity contribution in [2.75, 3.05) is 6.61 Å². The number of alkyl halides is 1. The average molecular weight is 533 g/mol. The molecular formula is C30H41FO7. The Morgan fingerprint density at radius 2 is 1.87 bits per heavy atom. The highest BCUT2D eigenvalue weighted by molar-refractivity contribution is 6.01. The number of esters is 1. The van der Waals surface area contributed by atoms with Gasteiger partial charge in [-0.3, -0.25) is 14.4 Å². The van der Waals surface area contributed by atoms with Gasteiger partial charge in [0, 0.05) is 16.7 Å². The monoisotopic (exact) mass is 532 g/mol. The summed E-state index contributed by atoms with van der Waals surface area (Å²) in [6, 6.07) is 0. The van der Waals surface area contributed by atoms with Gasteiger partial charge < -0.3 is 19.3 Å². The molecule has 5 aliphatic rings. The molecule has 0 aromatic carbocycles. The second-order valence-corrected chi connectivity index (χ2v) is 14.1. The number of aliphatic hydroxyl groups is 1. The van der Waals surface area contributed by atoms with Gasteiger partial charge >= 0.3 is 5.97 Å². The van der Waals surface area contributed by atoms with Gasteiger partial charge in [0.15, 0.2) is 28.6 Å². The van der Waals surface area contributed by atoms with E-state index in [0.29, 0.717) is 24.8 Å². The van der Waals surface area contributed by atoms with E-state index in [4.69, 9.17) is 14.2 Å². The lowest BCUT2D eigenvalue weighted by Crippen LogP contribution is -2.70. The fourth-order valence-corrected chi connectivity index (χ4v) is 8.65. The van der Waals surface area contributed by atoms with E-state index in [2.05, 4.69) is 0 Å². The summed E-state index contributed by atoms with van der Waals surface area (Å²) in [6.07, 6.45) is 4.22. The largest absolute Gasteiger partial charge is 0.459 e. The van der Waals surface area contributed by atoms with Crippen LogP contribution < -0.4 is 0 Å². The second kappa shape index (κ2) is 8.31. The van der Waals surface area contributed by atoms with Gasteiger partial charge in [-0.25, -0.2) is 4.39 Å². The number of halogens is 1. The summed E-state index contributed by atoms with van der Waals surface area (Å²) in [5, 5.41) is 10.1. The standard InChI is InChI=1S/C30H41FO7/c1-25(2,3)15-24(35)36-23-14-28(7)20(13-22-30(28,21(34)16-32)38-26(4,5)37-22)19-9-8-17-12-18(33)10-11-27(17,6)29(19,23)31/h10-12,19-20,22-23,32H,8-9,13-16H2,1-7H3/t19-,20-,22+,23-,27-,28-,29-,30+/m0/s1. The van der Waals surface area contributed by atoms with Crippen molar-refractivity contribution in [1.29, 1.82) is 0 Å². The molecule has 0 aromatic rings. The fourth-order valence-electron chi connectivity index (χ4n) is 8.65. The minimum absolute atomic E-state index is 0.0346. The van der Waals surface area contributed by atoms with E-state index in [9.17, 15) is 19.5 Å². The highest BCUT2D eigenvalue weighted by Gasteiger charge is 2.80. The van der Waals surface area contributed by atoms with Crippen molar-refractivity contribution in [3.63, 3.8) is 0 Å². The zero-order valence-electron chi connectivity index (χ0n) is 23.6. The van der Waals surface area contributed by atoms with Gasteiger partial charge in [-0.05, 0) is 69.9 Å². The van der Waals surface area contributed by atoms with Gasteiger partial charge in [-0.1, -0.05) is 39.3 Å².